The number of halogens is 1. The van der Waals surface area contributed by atoms with Gasteiger partial charge in [0.05, 0.1) is 18.4 Å². The van der Waals surface area contributed by atoms with Gasteiger partial charge in [-0.1, -0.05) is 6.42 Å². The van der Waals surface area contributed by atoms with E-state index < -0.39 is 11.8 Å². The van der Waals surface area contributed by atoms with Crippen LogP contribution in [0.5, 0.6) is 0 Å². The highest BCUT2D eigenvalue weighted by Gasteiger charge is 2.39. The number of fused-ring (bicyclic) bond motifs is 2. The fourth-order valence-electron chi connectivity index (χ4n) is 3.88. The number of ether oxygens (including phenoxy) is 1. The van der Waals surface area contributed by atoms with Gasteiger partial charge in [-0.05, 0) is 49.1 Å². The first-order chi connectivity index (χ1) is 10.1. The number of anilines is 2. The second-order valence-corrected chi connectivity index (χ2v) is 6.23. The Morgan fingerprint density at radius 3 is 2.86 bits per heavy atom. The van der Waals surface area contributed by atoms with Crippen molar-refractivity contribution < 1.29 is 13.9 Å². The van der Waals surface area contributed by atoms with E-state index in [-0.39, 0.29) is 11.3 Å². The van der Waals surface area contributed by atoms with Gasteiger partial charge in [-0.2, -0.15) is 0 Å². The van der Waals surface area contributed by atoms with Crippen molar-refractivity contribution >= 4 is 17.3 Å². The summed E-state index contributed by atoms with van der Waals surface area (Å²) in [5.74, 6) is 1.28. The molecule has 2 aliphatic carbocycles. The molecule has 0 heterocycles. The Hall–Kier alpha value is -1.78. The number of esters is 1. The Balaban J connectivity index is 1.71. The van der Waals surface area contributed by atoms with E-state index in [1.807, 2.05) is 0 Å². The average Bonchev–Trinajstić information content (AvgIpc) is 3.08. The summed E-state index contributed by atoms with van der Waals surface area (Å²) in [6.07, 6.45) is 5.21. The van der Waals surface area contributed by atoms with Gasteiger partial charge in [0.1, 0.15) is 5.82 Å². The highest BCUT2D eigenvalue weighted by atomic mass is 19.1. The second kappa shape index (κ2) is 5.54. The molecule has 3 rings (SSSR count). The molecule has 3 atom stereocenters. The summed E-state index contributed by atoms with van der Waals surface area (Å²) >= 11 is 0. The SMILES string of the molecule is COC(=O)c1cc(NCC2CC3CCC2C3)c(F)cc1N. The van der Waals surface area contributed by atoms with E-state index in [1.165, 1.54) is 44.9 Å². The van der Waals surface area contributed by atoms with E-state index in [4.69, 9.17) is 5.73 Å². The van der Waals surface area contributed by atoms with Crippen LogP contribution in [0.1, 0.15) is 36.0 Å². The summed E-state index contributed by atoms with van der Waals surface area (Å²) in [6, 6.07) is 2.62. The van der Waals surface area contributed by atoms with Crippen LogP contribution in [0, 0.1) is 23.6 Å². The fourth-order valence-corrected chi connectivity index (χ4v) is 3.88. The minimum Gasteiger partial charge on any atom is -0.465 e. The van der Waals surface area contributed by atoms with E-state index in [2.05, 4.69) is 10.1 Å². The third-order valence-electron chi connectivity index (χ3n) is 4.98. The third-order valence-corrected chi connectivity index (χ3v) is 4.98. The van der Waals surface area contributed by atoms with E-state index in [1.54, 1.807) is 0 Å². The molecule has 0 radical (unpaired) electrons. The van der Waals surface area contributed by atoms with Crippen LogP contribution < -0.4 is 11.1 Å². The molecular weight excluding hydrogens is 271 g/mol. The predicted molar refractivity (Wildman–Crippen MR) is 79.6 cm³/mol. The molecule has 1 aromatic carbocycles. The van der Waals surface area contributed by atoms with Gasteiger partial charge >= 0.3 is 5.97 Å². The van der Waals surface area contributed by atoms with Gasteiger partial charge in [0.15, 0.2) is 0 Å². The van der Waals surface area contributed by atoms with Crippen molar-refractivity contribution in [3.05, 3.63) is 23.5 Å². The number of hydrogen-bond donors (Lipinski definition) is 2. The molecule has 4 nitrogen and oxygen atoms in total. The molecule has 0 spiro atoms. The van der Waals surface area contributed by atoms with Crippen molar-refractivity contribution in [1.29, 1.82) is 0 Å². The molecule has 2 aliphatic rings. The molecule has 5 heteroatoms. The zero-order valence-electron chi connectivity index (χ0n) is 12.2. The van der Waals surface area contributed by atoms with Crippen LogP contribution in [0.3, 0.4) is 0 Å². The monoisotopic (exact) mass is 292 g/mol. The first-order valence-corrected chi connectivity index (χ1v) is 7.49. The molecule has 3 unspecified atom stereocenters. The summed E-state index contributed by atoms with van der Waals surface area (Å²) in [5.41, 5.74) is 6.30. The highest BCUT2D eigenvalue weighted by Crippen LogP contribution is 2.48. The Bertz CT molecular complexity index is 561. The van der Waals surface area contributed by atoms with Crippen molar-refractivity contribution in [2.24, 2.45) is 17.8 Å². The van der Waals surface area contributed by atoms with Crippen molar-refractivity contribution in [2.45, 2.75) is 25.7 Å². The van der Waals surface area contributed by atoms with Gasteiger partial charge in [0.2, 0.25) is 0 Å². The fraction of sp³-hybridized carbons (Fsp3) is 0.562. The van der Waals surface area contributed by atoms with Gasteiger partial charge in [-0.25, -0.2) is 9.18 Å². The number of carbonyl (C=O) groups is 1. The van der Waals surface area contributed by atoms with Gasteiger partial charge < -0.3 is 15.8 Å². The van der Waals surface area contributed by atoms with Gasteiger partial charge in [-0.15, -0.1) is 0 Å². The number of nitrogens with one attached hydrogen (secondary N) is 1. The first kappa shape index (κ1) is 14.2. The van der Waals surface area contributed by atoms with Crippen LogP contribution in [0.25, 0.3) is 0 Å². The van der Waals surface area contributed by atoms with E-state index in [0.29, 0.717) is 11.6 Å². The quantitative estimate of drug-likeness (QED) is 0.661. The Morgan fingerprint density at radius 1 is 1.43 bits per heavy atom. The molecule has 0 aromatic heterocycles. The van der Waals surface area contributed by atoms with Gasteiger partial charge in [-0.3, -0.25) is 0 Å². The summed E-state index contributed by atoms with van der Waals surface area (Å²) in [5, 5.41) is 3.15. The lowest BCUT2D eigenvalue weighted by atomic mass is 9.89. The number of nitrogens with two attached hydrogens (primary N) is 1. The lowest BCUT2D eigenvalue weighted by Crippen LogP contribution is -2.21. The lowest BCUT2D eigenvalue weighted by Gasteiger charge is -2.22. The summed E-state index contributed by atoms with van der Waals surface area (Å²) in [4.78, 5) is 11.6. The lowest BCUT2D eigenvalue weighted by molar-refractivity contribution is 0.0602. The minimum absolute atomic E-state index is 0.102. The van der Waals surface area contributed by atoms with Crippen LogP contribution >= 0.6 is 0 Å². The summed E-state index contributed by atoms with van der Waals surface area (Å²) in [7, 11) is 1.29. The molecule has 2 saturated carbocycles. The average molecular weight is 292 g/mol. The molecule has 0 amide bonds. The molecule has 2 bridgehead atoms. The molecule has 1 aromatic rings. The molecule has 2 fully saturated rings. The third kappa shape index (κ3) is 2.69. The Labute approximate surface area is 123 Å². The van der Waals surface area contributed by atoms with Crippen LogP contribution in [-0.4, -0.2) is 19.6 Å². The number of rotatable bonds is 4. The number of carbonyl (C=O) groups excluding carboxylic acids is 1. The maximum absolute atomic E-state index is 14.0. The zero-order valence-corrected chi connectivity index (χ0v) is 12.2. The van der Waals surface area contributed by atoms with E-state index >= 15 is 0 Å². The van der Waals surface area contributed by atoms with E-state index in [0.717, 1.165) is 18.4 Å². The number of methoxy groups -OCH3 is 1. The van der Waals surface area contributed by atoms with Crippen molar-refractivity contribution in [1.82, 2.24) is 0 Å². The second-order valence-electron chi connectivity index (χ2n) is 6.23. The van der Waals surface area contributed by atoms with Crippen molar-refractivity contribution in [3.63, 3.8) is 0 Å². The number of nitrogen functional groups attached to an aromatic ring is 1. The van der Waals surface area contributed by atoms with Crippen LogP contribution in [0.15, 0.2) is 12.1 Å². The van der Waals surface area contributed by atoms with E-state index in [9.17, 15) is 9.18 Å². The Morgan fingerprint density at radius 2 is 2.24 bits per heavy atom. The summed E-state index contributed by atoms with van der Waals surface area (Å²) in [6.45, 7) is 0.753. The first-order valence-electron chi connectivity index (χ1n) is 7.49. The highest BCUT2D eigenvalue weighted by molar-refractivity contribution is 5.96. The maximum Gasteiger partial charge on any atom is 0.340 e. The molecule has 0 saturated heterocycles. The zero-order chi connectivity index (χ0) is 15.0. The van der Waals surface area contributed by atoms with Crippen molar-refractivity contribution in [2.75, 3.05) is 24.7 Å². The predicted octanol–water partition coefficient (Wildman–Crippen LogP) is 3.04. The topological polar surface area (TPSA) is 64.3 Å². The number of benzene rings is 1. The van der Waals surface area contributed by atoms with Crippen LogP contribution in [0.2, 0.25) is 0 Å². The standard InChI is InChI=1S/C16H21FN2O2/c1-21-16(20)12-6-15(13(17)7-14(12)18)19-8-11-5-9-2-3-10(11)4-9/h6-7,9-11,19H,2-5,8,18H2,1H3. The summed E-state index contributed by atoms with van der Waals surface area (Å²) < 4.78 is 18.6. The smallest absolute Gasteiger partial charge is 0.340 e. The van der Waals surface area contributed by atoms with Crippen molar-refractivity contribution in [3.8, 4) is 0 Å². The minimum atomic E-state index is -0.546. The van der Waals surface area contributed by atoms with Gasteiger partial charge in [0, 0.05) is 12.2 Å². The largest absolute Gasteiger partial charge is 0.465 e. The van der Waals surface area contributed by atoms with Crippen LogP contribution in [-0.2, 0) is 4.74 Å². The van der Waals surface area contributed by atoms with Gasteiger partial charge in [0.25, 0.3) is 0 Å². The molecule has 114 valence electrons. The number of hydrogen-bond acceptors (Lipinski definition) is 4. The molecule has 21 heavy (non-hydrogen) atoms. The molecule has 3 N–H and O–H groups in total. The molecule has 0 aliphatic heterocycles. The normalized spacial score (nSPS) is 26.9. The molecular formula is C16H21FN2O2. The Kier molecular flexibility index (Phi) is 3.74. The van der Waals surface area contributed by atoms with Crippen LogP contribution in [0.4, 0.5) is 15.8 Å². The maximum atomic E-state index is 14.0.